The van der Waals surface area contributed by atoms with Gasteiger partial charge in [0.25, 0.3) is 5.91 Å². The molecule has 0 saturated heterocycles. The zero-order chi connectivity index (χ0) is 29.8. The van der Waals surface area contributed by atoms with Crippen LogP contribution in [0.15, 0.2) is 85.2 Å². The fraction of sp³-hybridized carbons (Fsp3) is 0.206. The van der Waals surface area contributed by atoms with Crippen molar-refractivity contribution in [1.82, 2.24) is 20.2 Å². The summed E-state index contributed by atoms with van der Waals surface area (Å²) >= 11 is 6.35. The molecule has 8 nitrogen and oxygen atoms in total. The maximum atomic E-state index is 12.9. The van der Waals surface area contributed by atoms with Crippen molar-refractivity contribution in [2.24, 2.45) is 0 Å². The Morgan fingerprint density at radius 1 is 0.907 bits per heavy atom. The Morgan fingerprint density at radius 3 is 2.42 bits per heavy atom. The monoisotopic (exact) mass is 593 g/mol. The highest BCUT2D eigenvalue weighted by molar-refractivity contribution is 6.33. The van der Waals surface area contributed by atoms with Crippen LogP contribution in [0.2, 0.25) is 5.02 Å². The van der Waals surface area contributed by atoms with E-state index in [2.05, 4.69) is 37.6 Å². The number of aromatic nitrogens is 2. The van der Waals surface area contributed by atoms with Crippen molar-refractivity contribution in [3.63, 3.8) is 0 Å². The fourth-order valence-electron chi connectivity index (χ4n) is 5.40. The first kappa shape index (κ1) is 28.5. The van der Waals surface area contributed by atoms with Crippen LogP contribution < -0.4 is 20.1 Å². The predicted molar refractivity (Wildman–Crippen MR) is 171 cm³/mol. The molecule has 0 spiro atoms. The van der Waals surface area contributed by atoms with E-state index in [1.807, 2.05) is 66.7 Å². The number of carbonyl (C=O) groups is 1. The molecule has 1 amide bonds. The van der Waals surface area contributed by atoms with Gasteiger partial charge in [0.2, 0.25) is 0 Å². The van der Waals surface area contributed by atoms with Crippen LogP contribution in [0.3, 0.4) is 0 Å². The van der Waals surface area contributed by atoms with Gasteiger partial charge >= 0.3 is 0 Å². The molecule has 2 heterocycles. The SMILES string of the molecule is COc1cc2c(cc1OC)CN(CCNC(=O)c1ccc(-c3ccc4ncnc(Nc5ccccc5Cl)c4c3)cc1)CC2. The minimum absolute atomic E-state index is 0.0893. The minimum atomic E-state index is -0.0893. The van der Waals surface area contributed by atoms with Gasteiger partial charge in [0.05, 0.1) is 30.4 Å². The van der Waals surface area contributed by atoms with E-state index < -0.39 is 0 Å². The van der Waals surface area contributed by atoms with Gasteiger partial charge in [0.1, 0.15) is 12.1 Å². The average molecular weight is 594 g/mol. The number of anilines is 2. The largest absolute Gasteiger partial charge is 0.493 e. The van der Waals surface area contributed by atoms with Gasteiger partial charge in [-0.15, -0.1) is 0 Å². The van der Waals surface area contributed by atoms with Crippen molar-refractivity contribution in [1.29, 1.82) is 0 Å². The molecule has 0 bridgehead atoms. The van der Waals surface area contributed by atoms with E-state index in [0.717, 1.165) is 65.3 Å². The normalized spacial score (nSPS) is 12.9. The molecule has 0 atom stereocenters. The molecule has 0 aliphatic carbocycles. The van der Waals surface area contributed by atoms with Gasteiger partial charge < -0.3 is 20.1 Å². The van der Waals surface area contributed by atoms with Gasteiger partial charge in [-0.2, -0.15) is 0 Å². The first-order chi connectivity index (χ1) is 21.0. The third-order valence-corrected chi connectivity index (χ3v) is 8.08. The lowest BCUT2D eigenvalue weighted by Crippen LogP contribution is -2.37. The lowest BCUT2D eigenvalue weighted by molar-refractivity contribution is 0.0947. The Kier molecular flexibility index (Phi) is 8.40. The Balaban J connectivity index is 1.09. The van der Waals surface area contributed by atoms with Gasteiger partial charge in [-0.3, -0.25) is 9.69 Å². The van der Waals surface area contributed by atoms with Crippen LogP contribution in [0.1, 0.15) is 21.5 Å². The van der Waals surface area contributed by atoms with Crippen molar-refractivity contribution >= 4 is 39.9 Å². The molecule has 0 saturated carbocycles. The van der Waals surface area contributed by atoms with Gasteiger partial charge in [-0.05, 0) is 77.2 Å². The molecule has 43 heavy (non-hydrogen) atoms. The third-order valence-electron chi connectivity index (χ3n) is 7.75. The number of hydrogen-bond donors (Lipinski definition) is 2. The van der Waals surface area contributed by atoms with Crippen LogP contribution >= 0.6 is 11.6 Å². The number of carbonyl (C=O) groups excluding carboxylic acids is 1. The van der Waals surface area contributed by atoms with Crippen LogP contribution in [0.25, 0.3) is 22.0 Å². The molecule has 0 fully saturated rings. The average Bonchev–Trinajstić information content (AvgIpc) is 3.05. The number of amides is 1. The number of hydrogen-bond acceptors (Lipinski definition) is 7. The summed E-state index contributed by atoms with van der Waals surface area (Å²) in [5.74, 6) is 2.09. The van der Waals surface area contributed by atoms with Gasteiger partial charge in [-0.25, -0.2) is 9.97 Å². The molecule has 0 unspecified atom stereocenters. The van der Waals surface area contributed by atoms with E-state index in [9.17, 15) is 4.79 Å². The number of para-hydroxylation sites is 1. The summed E-state index contributed by atoms with van der Waals surface area (Å²) in [5, 5.41) is 7.88. The van der Waals surface area contributed by atoms with Crippen LogP contribution in [0, 0.1) is 0 Å². The Hall–Kier alpha value is -4.66. The zero-order valence-electron chi connectivity index (χ0n) is 24.1. The standard InChI is InChI=1S/C34H32ClN5O3/c1-42-31-18-25-13-15-40(20-26(25)19-32(31)43-2)16-14-36-34(41)23-9-7-22(8-10-23)24-11-12-29-27(17-24)33(38-21-37-29)39-30-6-4-3-5-28(30)35/h3-12,17-19,21H,13-16,20H2,1-2H3,(H,36,41)(H,37,38,39). The maximum Gasteiger partial charge on any atom is 0.251 e. The maximum absolute atomic E-state index is 12.9. The number of halogens is 1. The van der Waals surface area contributed by atoms with Crippen LogP contribution in [0.4, 0.5) is 11.5 Å². The van der Waals surface area contributed by atoms with Gasteiger partial charge in [0, 0.05) is 37.1 Å². The van der Waals surface area contributed by atoms with E-state index in [4.69, 9.17) is 21.1 Å². The molecule has 2 N–H and O–H groups in total. The summed E-state index contributed by atoms with van der Waals surface area (Å²) in [5.41, 5.74) is 6.72. The van der Waals surface area contributed by atoms with Crippen molar-refractivity contribution in [3.05, 3.63) is 107 Å². The molecule has 6 rings (SSSR count). The number of benzene rings is 4. The quantitative estimate of drug-likeness (QED) is 0.202. The van der Waals surface area contributed by atoms with Crippen molar-refractivity contribution in [3.8, 4) is 22.6 Å². The summed E-state index contributed by atoms with van der Waals surface area (Å²) in [6, 6.07) is 25.3. The van der Waals surface area contributed by atoms with E-state index >= 15 is 0 Å². The Bertz CT molecular complexity index is 1780. The number of methoxy groups -OCH3 is 2. The lowest BCUT2D eigenvalue weighted by atomic mass is 9.99. The van der Waals surface area contributed by atoms with E-state index in [1.54, 1.807) is 14.2 Å². The summed E-state index contributed by atoms with van der Waals surface area (Å²) < 4.78 is 10.9. The third kappa shape index (κ3) is 6.26. The number of rotatable bonds is 9. The molecule has 0 radical (unpaired) electrons. The molecule has 9 heteroatoms. The van der Waals surface area contributed by atoms with E-state index in [0.29, 0.717) is 22.9 Å². The number of ether oxygens (including phenoxy) is 2. The summed E-state index contributed by atoms with van der Waals surface area (Å²) in [7, 11) is 3.31. The van der Waals surface area contributed by atoms with Crippen molar-refractivity contribution < 1.29 is 14.3 Å². The molecule has 5 aromatic rings. The zero-order valence-corrected chi connectivity index (χ0v) is 24.8. The Morgan fingerprint density at radius 2 is 1.65 bits per heavy atom. The first-order valence-electron chi connectivity index (χ1n) is 14.1. The second-order valence-electron chi connectivity index (χ2n) is 10.4. The molecule has 1 aliphatic rings. The fourth-order valence-corrected chi connectivity index (χ4v) is 5.59. The summed E-state index contributed by atoms with van der Waals surface area (Å²) in [6.45, 7) is 3.07. The molecular formula is C34H32ClN5O3. The van der Waals surface area contributed by atoms with E-state index in [-0.39, 0.29) is 5.91 Å². The Labute approximate surface area is 255 Å². The summed E-state index contributed by atoms with van der Waals surface area (Å²) in [4.78, 5) is 24.1. The highest BCUT2D eigenvalue weighted by Gasteiger charge is 2.19. The molecule has 1 aliphatic heterocycles. The van der Waals surface area contributed by atoms with Crippen molar-refractivity contribution in [2.75, 3.05) is 39.2 Å². The topological polar surface area (TPSA) is 88.6 Å². The molecule has 218 valence electrons. The molecule has 1 aromatic heterocycles. The minimum Gasteiger partial charge on any atom is -0.493 e. The van der Waals surface area contributed by atoms with Crippen molar-refractivity contribution in [2.45, 2.75) is 13.0 Å². The summed E-state index contributed by atoms with van der Waals surface area (Å²) in [6.07, 6.45) is 2.47. The van der Waals surface area contributed by atoms with E-state index in [1.165, 1.54) is 17.5 Å². The lowest BCUT2D eigenvalue weighted by Gasteiger charge is -2.29. The van der Waals surface area contributed by atoms with Gasteiger partial charge in [-0.1, -0.05) is 41.9 Å². The van der Waals surface area contributed by atoms with Gasteiger partial charge in [0.15, 0.2) is 11.5 Å². The smallest absolute Gasteiger partial charge is 0.251 e. The predicted octanol–water partition coefficient (Wildman–Crippen LogP) is 6.50. The first-order valence-corrected chi connectivity index (χ1v) is 14.5. The molecule has 4 aromatic carbocycles. The number of nitrogens with one attached hydrogen (secondary N) is 2. The van der Waals surface area contributed by atoms with Crippen LogP contribution in [0.5, 0.6) is 11.5 Å². The highest BCUT2D eigenvalue weighted by atomic mass is 35.5. The van der Waals surface area contributed by atoms with Crippen LogP contribution in [-0.4, -0.2) is 54.6 Å². The highest BCUT2D eigenvalue weighted by Crippen LogP contribution is 2.33. The second-order valence-corrected chi connectivity index (χ2v) is 10.8. The number of fused-ring (bicyclic) bond motifs is 2. The molecular weight excluding hydrogens is 562 g/mol. The number of nitrogens with zero attached hydrogens (tertiary/aromatic N) is 3. The van der Waals surface area contributed by atoms with Crippen LogP contribution in [-0.2, 0) is 13.0 Å². The second kappa shape index (κ2) is 12.7.